The highest BCUT2D eigenvalue weighted by molar-refractivity contribution is 7.91. The van der Waals surface area contributed by atoms with Crippen LogP contribution in [0, 0.1) is 0 Å². The van der Waals surface area contributed by atoms with Crippen molar-refractivity contribution in [3.05, 3.63) is 133 Å². The van der Waals surface area contributed by atoms with Gasteiger partial charge in [0.05, 0.1) is 22.7 Å². The van der Waals surface area contributed by atoms with E-state index in [0.717, 1.165) is 0 Å². The third kappa shape index (κ3) is 6.42. The van der Waals surface area contributed by atoms with Crippen LogP contribution in [-0.2, 0) is 9.84 Å². The van der Waals surface area contributed by atoms with Crippen molar-refractivity contribution < 1.29 is 27.4 Å². The van der Waals surface area contributed by atoms with Crippen LogP contribution in [0.2, 0.25) is 0 Å². The first kappa shape index (κ1) is 30.7. The molecule has 0 atom stereocenters. The molecule has 10 nitrogen and oxygen atoms in total. The van der Waals surface area contributed by atoms with E-state index in [1.807, 2.05) is 0 Å². The van der Waals surface area contributed by atoms with E-state index in [9.17, 15) is 8.42 Å². The number of hydrogen-bond acceptors (Lipinski definition) is 10. The number of rotatable bonds is 10. The Bertz CT molecular complexity index is 2040. The summed E-state index contributed by atoms with van der Waals surface area (Å²) in [6.07, 6.45) is 0. The van der Waals surface area contributed by atoms with Crippen molar-refractivity contribution in [1.29, 1.82) is 0 Å². The van der Waals surface area contributed by atoms with Crippen LogP contribution < -0.4 is 41.9 Å². The van der Waals surface area contributed by atoms with E-state index in [1.165, 1.54) is 24.3 Å². The molecule has 0 aliphatic carbocycles. The standard InChI is InChI=1S/C36H30N4O6S/c37-23-11-1-5-15-27(23)43-31-19-9-21-33(35(31)45-29-17-7-3-13-25(29)39)47(41,42)34-22-10-20-32(44-28-16-6-2-12-24(28)38)36(34)46-30-18-8-4-14-26(30)40/h1-22H,37-40H2. The minimum atomic E-state index is -4.47. The topological polar surface area (TPSA) is 175 Å². The highest BCUT2D eigenvalue weighted by atomic mass is 32.2. The summed E-state index contributed by atoms with van der Waals surface area (Å²) in [5.41, 5.74) is 26.0. The Hall–Kier alpha value is -6.33. The van der Waals surface area contributed by atoms with Gasteiger partial charge in [-0.25, -0.2) is 8.42 Å². The SMILES string of the molecule is Nc1ccccc1Oc1cccc(S(=O)(=O)c2cccc(Oc3ccccc3N)c2Oc2ccccc2N)c1Oc1ccccc1N. The van der Waals surface area contributed by atoms with Gasteiger partial charge in [-0.2, -0.15) is 0 Å². The fourth-order valence-corrected chi connectivity index (χ4v) is 6.17. The maximum Gasteiger partial charge on any atom is 0.214 e. The molecule has 0 aliphatic rings. The van der Waals surface area contributed by atoms with Gasteiger partial charge in [0.2, 0.25) is 9.84 Å². The predicted molar refractivity (Wildman–Crippen MR) is 182 cm³/mol. The largest absolute Gasteiger partial charge is 0.451 e. The molecule has 6 aromatic carbocycles. The van der Waals surface area contributed by atoms with E-state index < -0.39 is 9.84 Å². The summed E-state index contributed by atoms with van der Waals surface area (Å²) in [6.45, 7) is 0. The zero-order valence-corrected chi connectivity index (χ0v) is 25.7. The Labute approximate surface area is 271 Å². The van der Waals surface area contributed by atoms with Gasteiger partial charge in [-0.15, -0.1) is 0 Å². The fraction of sp³-hybridized carbons (Fsp3) is 0. The molecule has 0 fully saturated rings. The van der Waals surface area contributed by atoms with Gasteiger partial charge >= 0.3 is 0 Å². The lowest BCUT2D eigenvalue weighted by Crippen LogP contribution is -2.08. The van der Waals surface area contributed by atoms with Gasteiger partial charge in [0.15, 0.2) is 46.0 Å². The molecule has 0 aromatic heterocycles. The van der Waals surface area contributed by atoms with Crippen LogP contribution in [0.25, 0.3) is 0 Å². The summed E-state index contributed by atoms with van der Waals surface area (Å²) in [4.78, 5) is -0.481. The Balaban J connectivity index is 1.55. The van der Waals surface area contributed by atoms with Crippen molar-refractivity contribution >= 4 is 32.6 Å². The average molecular weight is 647 g/mol. The minimum absolute atomic E-state index is 0.0754. The Morgan fingerprint density at radius 2 is 0.617 bits per heavy atom. The molecule has 6 rings (SSSR count). The Kier molecular flexibility index (Phi) is 8.46. The number of nitrogen functional groups attached to an aromatic ring is 4. The maximum atomic E-state index is 14.8. The number of ether oxygens (including phenoxy) is 4. The number of sulfone groups is 1. The monoisotopic (exact) mass is 646 g/mol. The van der Waals surface area contributed by atoms with E-state index in [4.69, 9.17) is 41.9 Å². The van der Waals surface area contributed by atoms with Crippen molar-refractivity contribution in [2.24, 2.45) is 0 Å². The molecule has 0 spiro atoms. The molecule has 6 aromatic rings. The van der Waals surface area contributed by atoms with Crippen molar-refractivity contribution in [3.8, 4) is 46.0 Å². The molecule has 0 unspecified atom stereocenters. The Morgan fingerprint density at radius 1 is 0.340 bits per heavy atom. The summed E-state index contributed by atoms with van der Waals surface area (Å²) >= 11 is 0. The van der Waals surface area contributed by atoms with Gasteiger partial charge < -0.3 is 41.9 Å². The molecule has 0 amide bonds. The summed E-state index contributed by atoms with van der Waals surface area (Å²) in [5, 5.41) is 0. The van der Waals surface area contributed by atoms with Crippen LogP contribution in [0.3, 0.4) is 0 Å². The summed E-state index contributed by atoms with van der Waals surface area (Å²) < 4.78 is 54.3. The highest BCUT2D eigenvalue weighted by Crippen LogP contribution is 2.48. The van der Waals surface area contributed by atoms with Crippen LogP contribution >= 0.6 is 0 Å². The molecule has 0 radical (unpaired) electrons. The highest BCUT2D eigenvalue weighted by Gasteiger charge is 2.31. The van der Waals surface area contributed by atoms with Gasteiger partial charge in [-0.3, -0.25) is 0 Å². The third-order valence-corrected chi connectivity index (χ3v) is 8.81. The lowest BCUT2D eigenvalue weighted by atomic mass is 10.2. The van der Waals surface area contributed by atoms with Crippen LogP contribution in [0.15, 0.2) is 143 Å². The molecule has 0 bridgehead atoms. The molecule has 0 saturated carbocycles. The zero-order chi connectivity index (χ0) is 33.0. The summed E-state index contributed by atoms with van der Waals surface area (Å²) in [5.74, 6) is 0.921. The van der Waals surface area contributed by atoms with Gasteiger partial charge in [0, 0.05) is 0 Å². The van der Waals surface area contributed by atoms with Gasteiger partial charge in [-0.05, 0) is 72.8 Å². The number of para-hydroxylation sites is 10. The van der Waals surface area contributed by atoms with Crippen molar-refractivity contribution in [2.75, 3.05) is 22.9 Å². The van der Waals surface area contributed by atoms with E-state index in [-0.39, 0.29) is 55.7 Å². The molecule has 11 heteroatoms. The molecule has 236 valence electrons. The summed E-state index contributed by atoms with van der Waals surface area (Å²) in [7, 11) is -4.47. The lowest BCUT2D eigenvalue weighted by molar-refractivity contribution is 0.407. The number of hydrogen-bond donors (Lipinski definition) is 4. The molecule has 0 aliphatic heterocycles. The second kappa shape index (κ2) is 13.0. The molecule has 47 heavy (non-hydrogen) atoms. The Morgan fingerprint density at radius 3 is 0.936 bits per heavy atom. The third-order valence-electron chi connectivity index (χ3n) is 7.00. The fourth-order valence-electron chi connectivity index (χ4n) is 4.65. The molecular weight excluding hydrogens is 616 g/mol. The second-order valence-electron chi connectivity index (χ2n) is 10.2. The first-order valence-electron chi connectivity index (χ1n) is 14.3. The van der Waals surface area contributed by atoms with Crippen molar-refractivity contribution in [3.63, 3.8) is 0 Å². The first-order chi connectivity index (χ1) is 22.7. The maximum absolute atomic E-state index is 14.8. The molecule has 8 N–H and O–H groups in total. The summed E-state index contributed by atoms with van der Waals surface area (Å²) in [6, 6.07) is 36.0. The van der Waals surface area contributed by atoms with E-state index >= 15 is 0 Å². The molecular formula is C36H30N4O6S. The van der Waals surface area contributed by atoms with Crippen molar-refractivity contribution in [1.82, 2.24) is 0 Å². The zero-order valence-electron chi connectivity index (χ0n) is 24.9. The minimum Gasteiger partial charge on any atom is -0.451 e. The van der Waals surface area contributed by atoms with E-state index in [0.29, 0.717) is 22.9 Å². The smallest absolute Gasteiger partial charge is 0.214 e. The predicted octanol–water partition coefficient (Wildman–Crippen LogP) is 8.02. The average Bonchev–Trinajstić information content (AvgIpc) is 3.06. The first-order valence-corrected chi connectivity index (χ1v) is 15.8. The van der Waals surface area contributed by atoms with Crippen LogP contribution in [-0.4, -0.2) is 8.42 Å². The quantitative estimate of drug-likeness (QED) is 0.107. The van der Waals surface area contributed by atoms with Crippen LogP contribution in [0.5, 0.6) is 46.0 Å². The van der Waals surface area contributed by atoms with Gasteiger partial charge in [0.1, 0.15) is 9.79 Å². The van der Waals surface area contributed by atoms with Gasteiger partial charge in [-0.1, -0.05) is 60.7 Å². The number of benzene rings is 6. The number of nitrogens with two attached hydrogens (primary N) is 4. The second-order valence-corrected chi connectivity index (χ2v) is 12.1. The normalized spacial score (nSPS) is 11.1. The van der Waals surface area contributed by atoms with Crippen molar-refractivity contribution in [2.45, 2.75) is 9.79 Å². The van der Waals surface area contributed by atoms with Gasteiger partial charge in [0.25, 0.3) is 0 Å². The van der Waals surface area contributed by atoms with Crippen LogP contribution in [0.4, 0.5) is 22.7 Å². The number of anilines is 4. The molecule has 0 heterocycles. The van der Waals surface area contributed by atoms with Crippen LogP contribution in [0.1, 0.15) is 0 Å². The molecule has 0 saturated heterocycles. The van der Waals surface area contributed by atoms with E-state index in [1.54, 1.807) is 109 Å². The van der Waals surface area contributed by atoms with E-state index in [2.05, 4.69) is 0 Å². The lowest BCUT2D eigenvalue weighted by Gasteiger charge is -2.20.